The molecular formula is C15H12Cl2N2O4. The van der Waals surface area contributed by atoms with E-state index >= 15 is 0 Å². The van der Waals surface area contributed by atoms with Crippen LogP contribution in [0.5, 0.6) is 5.75 Å². The second-order valence-electron chi connectivity index (χ2n) is 4.61. The predicted octanol–water partition coefficient (Wildman–Crippen LogP) is 4.23. The Hall–Kier alpha value is -2.31. The van der Waals surface area contributed by atoms with E-state index in [1.807, 2.05) is 0 Å². The molecule has 23 heavy (non-hydrogen) atoms. The lowest BCUT2D eigenvalue weighted by Crippen LogP contribution is -2.21. The Morgan fingerprint density at radius 1 is 1.22 bits per heavy atom. The van der Waals surface area contributed by atoms with Crippen LogP contribution in [0.15, 0.2) is 36.4 Å². The third kappa shape index (κ3) is 4.12. The molecule has 0 unspecified atom stereocenters. The lowest BCUT2D eigenvalue weighted by atomic mass is 10.1. The van der Waals surface area contributed by atoms with E-state index in [0.717, 1.165) is 0 Å². The van der Waals surface area contributed by atoms with E-state index in [9.17, 15) is 14.9 Å². The van der Waals surface area contributed by atoms with Crippen LogP contribution >= 0.6 is 23.2 Å². The number of nitrogens with zero attached hydrogens (tertiary/aromatic N) is 1. The Morgan fingerprint density at radius 2 is 1.83 bits per heavy atom. The molecule has 0 atom stereocenters. The predicted molar refractivity (Wildman–Crippen MR) is 88.4 cm³/mol. The Bertz CT molecular complexity index is 745. The Morgan fingerprint density at radius 3 is 2.43 bits per heavy atom. The molecule has 8 heteroatoms. The molecule has 0 aromatic heterocycles. The molecule has 0 spiro atoms. The second kappa shape index (κ2) is 7.30. The number of nitro groups is 1. The molecule has 0 bridgehead atoms. The second-order valence-corrected chi connectivity index (χ2v) is 5.43. The molecular weight excluding hydrogens is 343 g/mol. The molecule has 6 nitrogen and oxygen atoms in total. The van der Waals surface area contributed by atoms with Crippen LogP contribution in [-0.2, 0) is 4.79 Å². The zero-order valence-corrected chi connectivity index (χ0v) is 13.5. The summed E-state index contributed by atoms with van der Waals surface area (Å²) < 4.78 is 5.30. The lowest BCUT2D eigenvalue weighted by Gasteiger charge is -2.11. The summed E-state index contributed by atoms with van der Waals surface area (Å²) in [6.45, 7) is 1.28. The van der Waals surface area contributed by atoms with Crippen molar-refractivity contribution in [2.75, 3.05) is 11.9 Å². The first-order valence-corrected chi connectivity index (χ1v) is 7.26. The number of nitro benzene ring substituents is 1. The number of halogens is 2. The van der Waals surface area contributed by atoms with Crippen molar-refractivity contribution < 1.29 is 14.5 Å². The first-order valence-electron chi connectivity index (χ1n) is 6.51. The van der Waals surface area contributed by atoms with Crippen LogP contribution in [0.4, 0.5) is 11.4 Å². The average molecular weight is 355 g/mol. The highest BCUT2D eigenvalue weighted by atomic mass is 35.5. The van der Waals surface area contributed by atoms with E-state index in [4.69, 9.17) is 27.9 Å². The van der Waals surface area contributed by atoms with Gasteiger partial charge in [-0.25, -0.2) is 0 Å². The molecule has 0 aliphatic heterocycles. The van der Waals surface area contributed by atoms with Gasteiger partial charge in [0.15, 0.2) is 12.4 Å². The van der Waals surface area contributed by atoms with Crippen molar-refractivity contribution in [2.24, 2.45) is 0 Å². The zero-order valence-electron chi connectivity index (χ0n) is 12.0. The number of carbonyl (C=O) groups is 1. The van der Waals surface area contributed by atoms with Crippen LogP contribution in [0.25, 0.3) is 0 Å². The number of rotatable bonds is 5. The number of hydrogen-bond donors (Lipinski definition) is 1. The van der Waals surface area contributed by atoms with E-state index in [1.165, 1.54) is 6.07 Å². The monoisotopic (exact) mass is 354 g/mol. The summed E-state index contributed by atoms with van der Waals surface area (Å²) in [6, 6.07) is 9.32. The molecule has 120 valence electrons. The SMILES string of the molecule is Cc1cccc([N+](=O)[O-])c1NC(=O)COc1c(Cl)cccc1Cl. The maximum atomic E-state index is 12.0. The number of nitrogens with one attached hydrogen (secondary N) is 1. The molecule has 0 radical (unpaired) electrons. The van der Waals surface area contributed by atoms with Crippen molar-refractivity contribution >= 4 is 40.5 Å². The van der Waals surface area contributed by atoms with E-state index in [0.29, 0.717) is 5.56 Å². The number of carbonyl (C=O) groups excluding carboxylic acids is 1. The summed E-state index contributed by atoms with van der Waals surface area (Å²) in [7, 11) is 0. The van der Waals surface area contributed by atoms with Gasteiger partial charge in [-0.1, -0.05) is 41.4 Å². The fourth-order valence-corrected chi connectivity index (χ4v) is 2.41. The number of anilines is 1. The number of amides is 1. The van der Waals surface area contributed by atoms with Crippen LogP contribution in [0, 0.1) is 17.0 Å². The third-order valence-electron chi connectivity index (χ3n) is 2.98. The van der Waals surface area contributed by atoms with Gasteiger partial charge in [0.1, 0.15) is 5.69 Å². The molecule has 1 N–H and O–H groups in total. The minimum absolute atomic E-state index is 0.136. The zero-order chi connectivity index (χ0) is 17.0. The van der Waals surface area contributed by atoms with Gasteiger partial charge in [0.25, 0.3) is 11.6 Å². The highest BCUT2D eigenvalue weighted by Crippen LogP contribution is 2.32. The molecule has 0 saturated carbocycles. The molecule has 2 rings (SSSR count). The molecule has 0 aliphatic rings. The third-order valence-corrected chi connectivity index (χ3v) is 3.57. The minimum Gasteiger partial charge on any atom is -0.481 e. The number of para-hydroxylation sites is 2. The summed E-state index contributed by atoms with van der Waals surface area (Å²) in [5.41, 5.74) is 0.522. The summed E-state index contributed by atoms with van der Waals surface area (Å²) in [5.74, 6) is -0.372. The average Bonchev–Trinajstić information content (AvgIpc) is 2.48. The van der Waals surface area contributed by atoms with Gasteiger partial charge in [0.05, 0.1) is 15.0 Å². The largest absolute Gasteiger partial charge is 0.481 e. The number of hydrogen-bond acceptors (Lipinski definition) is 4. The summed E-state index contributed by atoms with van der Waals surface area (Å²) in [5, 5.41) is 14.0. The quantitative estimate of drug-likeness (QED) is 0.643. The first-order chi connectivity index (χ1) is 10.9. The maximum Gasteiger partial charge on any atom is 0.293 e. The van der Waals surface area contributed by atoms with E-state index in [1.54, 1.807) is 37.3 Å². The first kappa shape index (κ1) is 17.1. The minimum atomic E-state index is -0.561. The number of ether oxygens (including phenoxy) is 1. The number of benzene rings is 2. The topological polar surface area (TPSA) is 81.5 Å². The van der Waals surface area contributed by atoms with Crippen LogP contribution in [0.2, 0.25) is 10.0 Å². The van der Waals surface area contributed by atoms with Crippen molar-refractivity contribution in [1.82, 2.24) is 0 Å². The van der Waals surface area contributed by atoms with Gasteiger partial charge >= 0.3 is 0 Å². The van der Waals surface area contributed by atoms with Crippen LogP contribution in [-0.4, -0.2) is 17.4 Å². The molecule has 2 aromatic rings. The fourth-order valence-electron chi connectivity index (χ4n) is 1.90. The molecule has 1 amide bonds. The molecule has 0 aliphatic carbocycles. The summed E-state index contributed by atoms with van der Waals surface area (Å²) in [6.07, 6.45) is 0. The Labute approximate surface area is 142 Å². The van der Waals surface area contributed by atoms with Gasteiger partial charge in [-0.2, -0.15) is 0 Å². The Balaban J connectivity index is 2.11. The van der Waals surface area contributed by atoms with Gasteiger partial charge in [0.2, 0.25) is 0 Å². The van der Waals surface area contributed by atoms with Crippen LogP contribution in [0.1, 0.15) is 5.56 Å². The van der Waals surface area contributed by atoms with Gasteiger partial charge in [-0.15, -0.1) is 0 Å². The van der Waals surface area contributed by atoms with Gasteiger partial charge in [-0.3, -0.25) is 14.9 Å². The molecule has 0 saturated heterocycles. The summed E-state index contributed by atoms with van der Waals surface area (Å²) >= 11 is 11.9. The molecule has 2 aromatic carbocycles. The van der Waals surface area contributed by atoms with Crippen molar-refractivity contribution in [3.8, 4) is 5.75 Å². The van der Waals surface area contributed by atoms with Crippen molar-refractivity contribution in [3.05, 3.63) is 62.1 Å². The highest BCUT2D eigenvalue weighted by Gasteiger charge is 2.18. The standard InChI is InChI=1S/C15H12Cl2N2O4/c1-9-4-2-7-12(19(21)22)14(9)18-13(20)8-23-15-10(16)5-3-6-11(15)17/h2-7H,8H2,1H3,(H,18,20). The normalized spacial score (nSPS) is 10.2. The van der Waals surface area contributed by atoms with E-state index in [2.05, 4.69) is 5.32 Å². The van der Waals surface area contributed by atoms with Crippen molar-refractivity contribution in [2.45, 2.75) is 6.92 Å². The number of aryl methyl sites for hydroxylation is 1. The van der Waals surface area contributed by atoms with Crippen LogP contribution in [0.3, 0.4) is 0 Å². The smallest absolute Gasteiger partial charge is 0.293 e. The lowest BCUT2D eigenvalue weighted by molar-refractivity contribution is -0.384. The van der Waals surface area contributed by atoms with Crippen molar-refractivity contribution in [3.63, 3.8) is 0 Å². The van der Waals surface area contributed by atoms with Gasteiger partial charge in [0, 0.05) is 6.07 Å². The Kier molecular flexibility index (Phi) is 5.41. The van der Waals surface area contributed by atoms with E-state index in [-0.39, 0.29) is 33.8 Å². The molecule has 0 heterocycles. The van der Waals surface area contributed by atoms with E-state index < -0.39 is 10.8 Å². The van der Waals surface area contributed by atoms with Crippen molar-refractivity contribution in [1.29, 1.82) is 0 Å². The molecule has 0 fully saturated rings. The highest BCUT2D eigenvalue weighted by molar-refractivity contribution is 6.37. The fraction of sp³-hybridized carbons (Fsp3) is 0.133. The van der Waals surface area contributed by atoms with Gasteiger partial charge < -0.3 is 10.1 Å². The summed E-state index contributed by atoms with van der Waals surface area (Å²) in [4.78, 5) is 22.4. The van der Waals surface area contributed by atoms with Crippen LogP contribution < -0.4 is 10.1 Å². The maximum absolute atomic E-state index is 12.0. The van der Waals surface area contributed by atoms with Gasteiger partial charge in [-0.05, 0) is 24.6 Å².